The van der Waals surface area contributed by atoms with Crippen LogP contribution in [0.3, 0.4) is 0 Å². The number of para-hydroxylation sites is 1. The number of carbonyl (C=O) groups excluding carboxylic acids is 3. The van der Waals surface area contributed by atoms with Crippen molar-refractivity contribution in [1.82, 2.24) is 5.32 Å². The summed E-state index contributed by atoms with van der Waals surface area (Å²) in [5.41, 5.74) is 1.60. The van der Waals surface area contributed by atoms with Crippen LogP contribution in [0.5, 0.6) is 0 Å². The first-order valence-electron chi connectivity index (χ1n) is 10.2. The quantitative estimate of drug-likeness (QED) is 0.643. The molecule has 1 N–H and O–H groups in total. The molecule has 0 aliphatic rings. The number of ether oxygens (including phenoxy) is 1. The van der Waals surface area contributed by atoms with Crippen LogP contribution in [0.15, 0.2) is 60.7 Å². The monoisotopic (exact) mass is 410 g/mol. The van der Waals surface area contributed by atoms with Gasteiger partial charge in [-0.1, -0.05) is 62.4 Å². The van der Waals surface area contributed by atoms with Crippen molar-refractivity contribution in [3.05, 3.63) is 66.2 Å². The first-order chi connectivity index (χ1) is 14.3. The molecule has 6 heteroatoms. The van der Waals surface area contributed by atoms with E-state index in [1.54, 1.807) is 4.90 Å². The number of nitrogens with zero attached hydrogens (tertiary/aromatic N) is 1. The molecule has 0 saturated heterocycles. The zero-order valence-electron chi connectivity index (χ0n) is 18.0. The van der Waals surface area contributed by atoms with E-state index in [2.05, 4.69) is 5.32 Å². The Balaban J connectivity index is 1.97. The third-order valence-corrected chi connectivity index (χ3v) is 4.60. The highest BCUT2D eigenvalue weighted by Crippen LogP contribution is 2.17. The number of benzene rings is 2. The lowest BCUT2D eigenvalue weighted by Gasteiger charge is -2.27. The molecule has 0 heterocycles. The Kier molecular flexibility index (Phi) is 8.59. The molecule has 0 aromatic heterocycles. The van der Waals surface area contributed by atoms with Crippen LogP contribution in [-0.2, 0) is 25.5 Å². The zero-order chi connectivity index (χ0) is 22.1. The standard InChI is InChI=1S/C24H30N2O4/c1-17(2)23(25-21(27)15-19-11-7-5-8-12-19)24(29)30-16-22(28)26(18(3)4)20-13-9-6-10-14-20/h5-14,17-18,23H,15-16H2,1-4H3,(H,25,27)/t23-/m0/s1. The molecule has 0 unspecified atom stereocenters. The largest absolute Gasteiger partial charge is 0.454 e. The van der Waals surface area contributed by atoms with Gasteiger partial charge in [-0.3, -0.25) is 9.59 Å². The van der Waals surface area contributed by atoms with Crippen LogP contribution in [0, 0.1) is 5.92 Å². The van der Waals surface area contributed by atoms with Crippen molar-refractivity contribution in [2.75, 3.05) is 11.5 Å². The van der Waals surface area contributed by atoms with E-state index >= 15 is 0 Å². The van der Waals surface area contributed by atoms with Crippen molar-refractivity contribution in [2.24, 2.45) is 5.92 Å². The Morgan fingerprint density at radius 3 is 2.00 bits per heavy atom. The summed E-state index contributed by atoms with van der Waals surface area (Å²) in [5.74, 6) is -1.38. The maximum Gasteiger partial charge on any atom is 0.329 e. The summed E-state index contributed by atoms with van der Waals surface area (Å²) in [6.07, 6.45) is 0.172. The van der Waals surface area contributed by atoms with Gasteiger partial charge < -0.3 is 15.0 Å². The van der Waals surface area contributed by atoms with Crippen LogP contribution >= 0.6 is 0 Å². The Morgan fingerprint density at radius 2 is 1.47 bits per heavy atom. The average molecular weight is 411 g/mol. The fourth-order valence-corrected chi connectivity index (χ4v) is 3.11. The van der Waals surface area contributed by atoms with E-state index in [9.17, 15) is 14.4 Å². The van der Waals surface area contributed by atoms with Gasteiger partial charge in [0.2, 0.25) is 5.91 Å². The van der Waals surface area contributed by atoms with Gasteiger partial charge in [0.15, 0.2) is 6.61 Å². The summed E-state index contributed by atoms with van der Waals surface area (Å²) in [6, 6.07) is 17.6. The molecule has 6 nitrogen and oxygen atoms in total. The number of anilines is 1. The number of rotatable bonds is 9. The van der Waals surface area contributed by atoms with Gasteiger partial charge in [-0.25, -0.2) is 4.79 Å². The Labute approximate surface area is 178 Å². The third kappa shape index (κ3) is 6.72. The molecule has 0 saturated carbocycles. The molecule has 0 radical (unpaired) electrons. The summed E-state index contributed by atoms with van der Waals surface area (Å²) < 4.78 is 5.29. The molecule has 160 valence electrons. The first-order valence-corrected chi connectivity index (χ1v) is 10.2. The third-order valence-electron chi connectivity index (χ3n) is 4.60. The minimum Gasteiger partial charge on any atom is -0.454 e. The maximum absolute atomic E-state index is 12.7. The van der Waals surface area contributed by atoms with Crippen LogP contribution in [0.4, 0.5) is 5.69 Å². The highest BCUT2D eigenvalue weighted by atomic mass is 16.5. The lowest BCUT2D eigenvalue weighted by Crippen LogP contribution is -2.47. The van der Waals surface area contributed by atoms with Crippen molar-refractivity contribution in [1.29, 1.82) is 0 Å². The van der Waals surface area contributed by atoms with E-state index in [1.165, 1.54) is 0 Å². The number of amides is 2. The van der Waals surface area contributed by atoms with Gasteiger partial charge in [-0.2, -0.15) is 0 Å². The Morgan fingerprint density at radius 1 is 0.900 bits per heavy atom. The molecule has 0 bridgehead atoms. The second kappa shape index (κ2) is 11.1. The Bertz CT molecular complexity index is 835. The maximum atomic E-state index is 12.7. The van der Waals surface area contributed by atoms with Gasteiger partial charge in [-0.15, -0.1) is 0 Å². The van der Waals surface area contributed by atoms with Gasteiger partial charge in [0, 0.05) is 11.7 Å². The summed E-state index contributed by atoms with van der Waals surface area (Å²) in [4.78, 5) is 39.3. The van der Waals surface area contributed by atoms with Crippen LogP contribution in [-0.4, -0.2) is 36.5 Å². The van der Waals surface area contributed by atoms with Gasteiger partial charge >= 0.3 is 5.97 Å². The van der Waals surface area contributed by atoms with Crippen molar-refractivity contribution in [2.45, 2.75) is 46.2 Å². The fourth-order valence-electron chi connectivity index (χ4n) is 3.11. The fraction of sp³-hybridized carbons (Fsp3) is 0.375. The van der Waals surface area contributed by atoms with Crippen LogP contribution in [0.25, 0.3) is 0 Å². The topological polar surface area (TPSA) is 75.7 Å². The minimum absolute atomic E-state index is 0.0925. The molecule has 30 heavy (non-hydrogen) atoms. The number of esters is 1. The smallest absolute Gasteiger partial charge is 0.329 e. The highest BCUT2D eigenvalue weighted by Gasteiger charge is 2.27. The first kappa shape index (κ1) is 23.1. The molecular weight excluding hydrogens is 380 g/mol. The zero-order valence-corrected chi connectivity index (χ0v) is 18.0. The van der Waals surface area contributed by atoms with Crippen molar-refractivity contribution in [3.8, 4) is 0 Å². The molecule has 2 amide bonds. The molecule has 2 aromatic carbocycles. The summed E-state index contributed by atoms with van der Waals surface area (Å²) in [7, 11) is 0. The molecule has 2 aromatic rings. The van der Waals surface area contributed by atoms with Crippen molar-refractivity contribution in [3.63, 3.8) is 0 Å². The van der Waals surface area contributed by atoms with E-state index in [0.717, 1.165) is 11.3 Å². The number of nitrogens with one attached hydrogen (secondary N) is 1. The van der Waals surface area contributed by atoms with E-state index in [0.29, 0.717) is 0 Å². The predicted molar refractivity (Wildman–Crippen MR) is 117 cm³/mol. The van der Waals surface area contributed by atoms with E-state index in [1.807, 2.05) is 88.4 Å². The number of carbonyl (C=O) groups is 3. The van der Waals surface area contributed by atoms with Crippen molar-refractivity contribution >= 4 is 23.5 Å². The summed E-state index contributed by atoms with van der Waals surface area (Å²) in [5, 5.41) is 2.73. The van der Waals surface area contributed by atoms with E-state index in [4.69, 9.17) is 4.74 Å². The van der Waals surface area contributed by atoms with Crippen LogP contribution < -0.4 is 10.2 Å². The molecular formula is C24H30N2O4. The lowest BCUT2D eigenvalue weighted by atomic mass is 10.0. The predicted octanol–water partition coefficient (Wildman–Crippen LogP) is 3.35. The van der Waals surface area contributed by atoms with E-state index < -0.39 is 12.0 Å². The second-order valence-electron chi connectivity index (χ2n) is 7.75. The Hall–Kier alpha value is -3.15. The second-order valence-corrected chi connectivity index (χ2v) is 7.75. The summed E-state index contributed by atoms with van der Waals surface area (Å²) in [6.45, 7) is 7.05. The average Bonchev–Trinajstić information content (AvgIpc) is 2.71. The molecule has 0 aliphatic carbocycles. The SMILES string of the molecule is CC(C)[C@H](NC(=O)Cc1ccccc1)C(=O)OCC(=O)N(c1ccccc1)C(C)C. The molecule has 2 rings (SSSR count). The lowest BCUT2D eigenvalue weighted by molar-refractivity contribution is -0.152. The highest BCUT2D eigenvalue weighted by molar-refractivity contribution is 5.96. The molecule has 0 aliphatic heterocycles. The number of hydrogen-bond donors (Lipinski definition) is 1. The van der Waals surface area contributed by atoms with Gasteiger partial charge in [0.05, 0.1) is 6.42 Å². The minimum atomic E-state index is -0.821. The van der Waals surface area contributed by atoms with Crippen LogP contribution in [0.1, 0.15) is 33.3 Å². The van der Waals surface area contributed by atoms with Gasteiger partial charge in [0.25, 0.3) is 5.91 Å². The van der Waals surface area contributed by atoms with E-state index in [-0.39, 0.29) is 36.8 Å². The normalized spacial score (nSPS) is 11.8. The number of hydrogen-bond acceptors (Lipinski definition) is 4. The molecule has 0 fully saturated rings. The van der Waals surface area contributed by atoms with Gasteiger partial charge in [-0.05, 0) is 37.5 Å². The van der Waals surface area contributed by atoms with Crippen molar-refractivity contribution < 1.29 is 19.1 Å². The molecule has 1 atom stereocenters. The molecule has 0 spiro atoms. The van der Waals surface area contributed by atoms with Gasteiger partial charge in [0.1, 0.15) is 6.04 Å². The summed E-state index contributed by atoms with van der Waals surface area (Å²) >= 11 is 0. The van der Waals surface area contributed by atoms with Crippen LogP contribution in [0.2, 0.25) is 0 Å².